The van der Waals surface area contributed by atoms with E-state index in [-0.39, 0.29) is 17.9 Å². The number of benzene rings is 1. The number of fused-ring (bicyclic) bond motifs is 1. The summed E-state index contributed by atoms with van der Waals surface area (Å²) in [4.78, 5) is 23.1. The zero-order valence-corrected chi connectivity index (χ0v) is 17.5. The van der Waals surface area contributed by atoms with Gasteiger partial charge in [0.1, 0.15) is 11.6 Å². The van der Waals surface area contributed by atoms with E-state index < -0.39 is 0 Å². The van der Waals surface area contributed by atoms with Gasteiger partial charge in [-0.25, -0.2) is 14.2 Å². The SMILES string of the molecule is Cc1nccn1CCCN1C[C@@H]2CN(C(=O)N(C)C)[C@H](c3cccc(F)c3)[C@@H]2C1. The molecule has 7 heteroatoms. The molecule has 4 rings (SSSR count). The summed E-state index contributed by atoms with van der Waals surface area (Å²) in [5.41, 5.74) is 0.906. The molecule has 2 fully saturated rings. The normalized spacial score (nSPS) is 24.1. The molecule has 2 saturated heterocycles. The zero-order chi connectivity index (χ0) is 20.5. The van der Waals surface area contributed by atoms with E-state index in [0.717, 1.165) is 50.5 Å². The summed E-state index contributed by atoms with van der Waals surface area (Å²) >= 11 is 0. The Morgan fingerprint density at radius 1 is 1.24 bits per heavy atom. The van der Waals surface area contributed by atoms with Crippen molar-refractivity contribution in [1.29, 1.82) is 0 Å². The van der Waals surface area contributed by atoms with Crippen molar-refractivity contribution >= 4 is 6.03 Å². The molecule has 0 aliphatic carbocycles. The van der Waals surface area contributed by atoms with E-state index >= 15 is 0 Å². The second kappa shape index (κ2) is 8.14. The Kier molecular flexibility index (Phi) is 5.58. The van der Waals surface area contributed by atoms with Gasteiger partial charge in [-0.2, -0.15) is 0 Å². The van der Waals surface area contributed by atoms with Gasteiger partial charge in [0, 0.05) is 58.6 Å². The van der Waals surface area contributed by atoms with Crippen LogP contribution in [0.2, 0.25) is 0 Å². The monoisotopic (exact) mass is 399 g/mol. The van der Waals surface area contributed by atoms with Crippen molar-refractivity contribution in [3.05, 3.63) is 53.9 Å². The van der Waals surface area contributed by atoms with Crippen molar-refractivity contribution in [3.63, 3.8) is 0 Å². The first-order valence-electron chi connectivity index (χ1n) is 10.4. The van der Waals surface area contributed by atoms with Gasteiger partial charge in [-0.1, -0.05) is 12.1 Å². The average molecular weight is 400 g/mol. The summed E-state index contributed by atoms with van der Waals surface area (Å²) in [5.74, 6) is 1.58. The lowest BCUT2D eigenvalue weighted by Crippen LogP contribution is -2.41. The molecule has 2 aliphatic heterocycles. The number of carbonyl (C=O) groups excluding carboxylic acids is 1. The van der Waals surface area contributed by atoms with Crippen LogP contribution in [0, 0.1) is 24.6 Å². The number of likely N-dealkylation sites (tertiary alicyclic amines) is 2. The van der Waals surface area contributed by atoms with Gasteiger partial charge in [-0.3, -0.25) is 0 Å². The molecule has 29 heavy (non-hydrogen) atoms. The second-order valence-electron chi connectivity index (χ2n) is 8.53. The van der Waals surface area contributed by atoms with Crippen LogP contribution >= 0.6 is 0 Å². The zero-order valence-electron chi connectivity index (χ0n) is 17.5. The fourth-order valence-corrected chi connectivity index (χ4v) is 5.00. The summed E-state index contributed by atoms with van der Waals surface area (Å²) in [7, 11) is 3.56. The van der Waals surface area contributed by atoms with E-state index in [2.05, 4.69) is 14.5 Å². The van der Waals surface area contributed by atoms with Crippen LogP contribution < -0.4 is 0 Å². The van der Waals surface area contributed by atoms with E-state index in [0.29, 0.717) is 11.8 Å². The molecule has 0 bridgehead atoms. The van der Waals surface area contributed by atoms with Gasteiger partial charge in [-0.05, 0) is 43.5 Å². The maximum atomic E-state index is 13.9. The number of aryl methyl sites for hydroxylation is 2. The molecule has 6 nitrogen and oxygen atoms in total. The molecule has 0 saturated carbocycles. The van der Waals surface area contributed by atoms with Crippen molar-refractivity contribution in [2.45, 2.75) is 25.9 Å². The van der Waals surface area contributed by atoms with E-state index in [1.54, 1.807) is 31.1 Å². The maximum Gasteiger partial charge on any atom is 0.320 e. The Morgan fingerprint density at radius 3 is 2.76 bits per heavy atom. The van der Waals surface area contributed by atoms with Crippen molar-refractivity contribution in [1.82, 2.24) is 24.3 Å². The van der Waals surface area contributed by atoms with Gasteiger partial charge in [0.2, 0.25) is 0 Å². The summed E-state index contributed by atoms with van der Waals surface area (Å²) < 4.78 is 16.1. The number of carbonyl (C=O) groups is 1. The van der Waals surface area contributed by atoms with Crippen LogP contribution in [-0.2, 0) is 6.54 Å². The fraction of sp³-hybridized carbons (Fsp3) is 0.545. The number of imidazole rings is 1. The molecule has 3 atom stereocenters. The van der Waals surface area contributed by atoms with Crippen LogP contribution in [0.4, 0.5) is 9.18 Å². The lowest BCUT2D eigenvalue weighted by atomic mass is 9.89. The highest BCUT2D eigenvalue weighted by Gasteiger charge is 2.49. The van der Waals surface area contributed by atoms with Crippen LogP contribution in [0.3, 0.4) is 0 Å². The third-order valence-corrected chi connectivity index (χ3v) is 6.36. The lowest BCUT2D eigenvalue weighted by Gasteiger charge is -2.32. The van der Waals surface area contributed by atoms with Gasteiger partial charge < -0.3 is 19.3 Å². The molecular formula is C22H30FN5O. The molecule has 0 unspecified atom stereocenters. The Hall–Kier alpha value is -2.41. The minimum atomic E-state index is -0.242. The second-order valence-corrected chi connectivity index (χ2v) is 8.53. The van der Waals surface area contributed by atoms with Gasteiger partial charge in [0.05, 0.1) is 6.04 Å². The van der Waals surface area contributed by atoms with Crippen LogP contribution in [0.15, 0.2) is 36.7 Å². The number of hydrogen-bond acceptors (Lipinski definition) is 3. The number of halogens is 1. The maximum absolute atomic E-state index is 13.9. The topological polar surface area (TPSA) is 44.6 Å². The van der Waals surface area contributed by atoms with Gasteiger partial charge >= 0.3 is 6.03 Å². The molecule has 0 spiro atoms. The molecule has 1 aromatic carbocycles. The molecule has 2 aromatic rings. The molecule has 1 aromatic heterocycles. The van der Waals surface area contributed by atoms with E-state index in [1.165, 1.54) is 6.07 Å². The summed E-state index contributed by atoms with van der Waals surface area (Å²) in [5, 5.41) is 0. The lowest BCUT2D eigenvalue weighted by molar-refractivity contribution is 0.152. The van der Waals surface area contributed by atoms with E-state index in [9.17, 15) is 9.18 Å². The molecule has 2 amide bonds. The Morgan fingerprint density at radius 2 is 2.07 bits per heavy atom. The average Bonchev–Trinajstić information content (AvgIpc) is 3.35. The Bertz CT molecular complexity index is 866. The summed E-state index contributed by atoms with van der Waals surface area (Å²) in [6.07, 6.45) is 4.94. The molecule has 0 radical (unpaired) electrons. The molecule has 2 aliphatic rings. The Labute approximate surface area is 171 Å². The summed E-state index contributed by atoms with van der Waals surface area (Å²) in [6.45, 7) is 6.71. The van der Waals surface area contributed by atoms with Crippen molar-refractivity contribution in [3.8, 4) is 0 Å². The first kappa shape index (κ1) is 19.9. The molecule has 0 N–H and O–H groups in total. The van der Waals surface area contributed by atoms with Crippen LogP contribution in [0.5, 0.6) is 0 Å². The number of nitrogens with zero attached hydrogens (tertiary/aromatic N) is 5. The highest BCUT2D eigenvalue weighted by molar-refractivity contribution is 5.75. The van der Waals surface area contributed by atoms with E-state index in [1.807, 2.05) is 30.3 Å². The highest BCUT2D eigenvalue weighted by Crippen LogP contribution is 2.45. The smallest absolute Gasteiger partial charge is 0.320 e. The number of urea groups is 1. The predicted molar refractivity (Wildman–Crippen MR) is 110 cm³/mol. The number of amides is 2. The third-order valence-electron chi connectivity index (χ3n) is 6.36. The first-order valence-corrected chi connectivity index (χ1v) is 10.4. The molecule has 156 valence electrons. The van der Waals surface area contributed by atoms with Crippen molar-refractivity contribution < 1.29 is 9.18 Å². The van der Waals surface area contributed by atoms with E-state index in [4.69, 9.17) is 0 Å². The predicted octanol–water partition coefficient (Wildman–Crippen LogP) is 3.01. The minimum Gasteiger partial charge on any atom is -0.335 e. The van der Waals surface area contributed by atoms with Crippen molar-refractivity contribution in [2.75, 3.05) is 40.3 Å². The molecular weight excluding hydrogens is 369 g/mol. The highest BCUT2D eigenvalue weighted by atomic mass is 19.1. The van der Waals surface area contributed by atoms with Crippen molar-refractivity contribution in [2.24, 2.45) is 11.8 Å². The number of rotatable bonds is 5. The Balaban J connectivity index is 1.45. The third kappa shape index (κ3) is 4.01. The van der Waals surface area contributed by atoms with Gasteiger partial charge in [-0.15, -0.1) is 0 Å². The van der Waals surface area contributed by atoms with Crippen LogP contribution in [-0.4, -0.2) is 70.6 Å². The molecule has 3 heterocycles. The van der Waals surface area contributed by atoms with Crippen LogP contribution in [0.25, 0.3) is 0 Å². The summed E-state index contributed by atoms with van der Waals surface area (Å²) in [6, 6.07) is 6.70. The minimum absolute atomic E-state index is 0.00999. The largest absolute Gasteiger partial charge is 0.335 e. The fourth-order valence-electron chi connectivity index (χ4n) is 5.00. The van der Waals surface area contributed by atoms with Gasteiger partial charge in [0.15, 0.2) is 0 Å². The van der Waals surface area contributed by atoms with Crippen LogP contribution in [0.1, 0.15) is 23.9 Å². The quantitative estimate of drug-likeness (QED) is 0.776. The van der Waals surface area contributed by atoms with Gasteiger partial charge in [0.25, 0.3) is 0 Å². The first-order chi connectivity index (χ1) is 13.9. The number of hydrogen-bond donors (Lipinski definition) is 0. The standard InChI is InChI=1S/C22H30FN5O/c1-16-24-8-11-27(16)10-5-9-26-13-18-14-28(22(29)25(2)3)21(20(18)15-26)17-6-4-7-19(23)12-17/h4,6-8,11-12,18,20-21H,5,9-10,13-15H2,1-3H3/t18-,20-,21-/m1/s1. The number of aromatic nitrogens is 2.